The minimum atomic E-state index is -4.53. The smallest absolute Gasteiger partial charge is 0.378 e. The number of halogens is 3. The van der Waals surface area contributed by atoms with Crippen LogP contribution in [0.5, 0.6) is 0 Å². The molecule has 24 heavy (non-hydrogen) atoms. The van der Waals surface area contributed by atoms with Crippen molar-refractivity contribution in [2.24, 2.45) is 11.7 Å². The third-order valence-electron chi connectivity index (χ3n) is 3.27. The molecule has 1 aromatic rings. The third-order valence-corrected chi connectivity index (χ3v) is 3.27. The minimum absolute atomic E-state index is 0.0443. The van der Waals surface area contributed by atoms with Crippen molar-refractivity contribution in [3.05, 3.63) is 35.4 Å². The van der Waals surface area contributed by atoms with Crippen molar-refractivity contribution in [2.45, 2.75) is 31.7 Å². The summed E-state index contributed by atoms with van der Waals surface area (Å²) in [6.45, 7) is 1.52. The molecule has 0 bridgehead atoms. The molecule has 0 radical (unpaired) electrons. The number of primary amides is 1. The molecule has 0 heterocycles. The lowest BCUT2D eigenvalue weighted by atomic mass is 10.0. The summed E-state index contributed by atoms with van der Waals surface area (Å²) in [5, 5.41) is 20.8. The van der Waals surface area contributed by atoms with Crippen molar-refractivity contribution in [2.75, 3.05) is 0 Å². The van der Waals surface area contributed by atoms with E-state index in [0.29, 0.717) is 0 Å². The van der Waals surface area contributed by atoms with Crippen LogP contribution in [0.15, 0.2) is 24.3 Å². The number of hydrogen-bond donors (Lipinski definition) is 3. The van der Waals surface area contributed by atoms with E-state index in [9.17, 15) is 27.9 Å². The summed E-state index contributed by atoms with van der Waals surface area (Å²) in [5.74, 6) is -2.44. The molecular formula is C15H16F3N3O3. The highest BCUT2D eigenvalue weighted by Crippen LogP contribution is 2.30. The molecule has 1 rings (SSSR count). The van der Waals surface area contributed by atoms with Crippen LogP contribution < -0.4 is 11.1 Å². The van der Waals surface area contributed by atoms with Gasteiger partial charge in [0, 0.05) is 5.92 Å². The molecule has 3 atom stereocenters. The van der Waals surface area contributed by atoms with Gasteiger partial charge in [-0.3, -0.25) is 9.59 Å². The standard InChI is InChI=1S/C15H16F3N3O3/c1-8(7-19)6-11(13(20)23)21-14(24)12(22)9-2-4-10(5-3-9)15(16,17)18/h2-5,8,11-12,22H,6H2,1H3,(H2,20,23)(H,21,24)/t8-,11-,12-/m0/s1. The molecule has 0 aliphatic rings. The Morgan fingerprint density at radius 3 is 2.29 bits per heavy atom. The Morgan fingerprint density at radius 2 is 1.88 bits per heavy atom. The van der Waals surface area contributed by atoms with E-state index in [0.717, 1.165) is 24.3 Å². The van der Waals surface area contributed by atoms with Gasteiger partial charge in [-0.25, -0.2) is 0 Å². The minimum Gasteiger partial charge on any atom is -0.378 e. The van der Waals surface area contributed by atoms with Gasteiger partial charge in [0.2, 0.25) is 5.91 Å². The molecule has 0 saturated heterocycles. The van der Waals surface area contributed by atoms with Crippen LogP contribution in [0.25, 0.3) is 0 Å². The number of benzene rings is 1. The van der Waals surface area contributed by atoms with E-state index >= 15 is 0 Å². The van der Waals surface area contributed by atoms with Gasteiger partial charge in [-0.05, 0) is 31.0 Å². The van der Waals surface area contributed by atoms with Gasteiger partial charge in [-0.2, -0.15) is 18.4 Å². The van der Waals surface area contributed by atoms with Gasteiger partial charge in [-0.1, -0.05) is 12.1 Å². The number of aliphatic hydroxyl groups excluding tert-OH is 1. The average molecular weight is 343 g/mol. The number of nitrogens with one attached hydrogen (secondary N) is 1. The second kappa shape index (κ2) is 7.79. The number of aliphatic hydroxyl groups is 1. The zero-order valence-electron chi connectivity index (χ0n) is 12.7. The Bertz CT molecular complexity index is 638. The molecule has 0 aliphatic carbocycles. The fourth-order valence-electron chi connectivity index (χ4n) is 1.91. The number of nitrogens with two attached hydrogens (primary N) is 1. The highest BCUT2D eigenvalue weighted by molar-refractivity contribution is 5.89. The highest BCUT2D eigenvalue weighted by atomic mass is 19.4. The summed E-state index contributed by atoms with van der Waals surface area (Å²) in [4.78, 5) is 23.2. The van der Waals surface area contributed by atoms with Crippen molar-refractivity contribution < 1.29 is 27.9 Å². The SMILES string of the molecule is C[C@H](C#N)C[C@H](NC(=O)[C@@H](O)c1ccc(C(F)(F)F)cc1)C(N)=O. The number of amides is 2. The average Bonchev–Trinajstić information content (AvgIpc) is 2.52. The number of nitrogens with zero attached hydrogens (tertiary/aromatic N) is 1. The zero-order valence-corrected chi connectivity index (χ0v) is 12.7. The lowest BCUT2D eigenvalue weighted by Gasteiger charge is -2.19. The summed E-state index contributed by atoms with van der Waals surface area (Å²) in [6.07, 6.45) is -6.35. The maximum atomic E-state index is 12.5. The van der Waals surface area contributed by atoms with Gasteiger partial charge in [0.15, 0.2) is 6.10 Å². The van der Waals surface area contributed by atoms with Crippen LogP contribution in [0, 0.1) is 17.2 Å². The van der Waals surface area contributed by atoms with Crippen molar-refractivity contribution >= 4 is 11.8 Å². The van der Waals surface area contributed by atoms with Crippen LogP contribution in [0.4, 0.5) is 13.2 Å². The molecule has 0 saturated carbocycles. The van der Waals surface area contributed by atoms with Gasteiger partial charge < -0.3 is 16.2 Å². The molecule has 0 fully saturated rings. The maximum absolute atomic E-state index is 12.5. The molecule has 0 aromatic heterocycles. The molecule has 9 heteroatoms. The van der Waals surface area contributed by atoms with Crippen LogP contribution >= 0.6 is 0 Å². The molecule has 1 aromatic carbocycles. The second-order valence-electron chi connectivity index (χ2n) is 5.25. The van der Waals surface area contributed by atoms with Gasteiger partial charge >= 0.3 is 6.18 Å². The van der Waals surface area contributed by atoms with Crippen LogP contribution in [-0.4, -0.2) is 23.0 Å². The number of hydrogen-bond acceptors (Lipinski definition) is 4. The first-order chi connectivity index (χ1) is 11.1. The molecule has 4 N–H and O–H groups in total. The summed E-state index contributed by atoms with van der Waals surface area (Å²) >= 11 is 0. The lowest BCUT2D eigenvalue weighted by Crippen LogP contribution is -2.46. The molecule has 130 valence electrons. The summed E-state index contributed by atoms with van der Waals surface area (Å²) in [6, 6.07) is 4.09. The van der Waals surface area contributed by atoms with E-state index in [-0.39, 0.29) is 12.0 Å². The monoisotopic (exact) mass is 343 g/mol. The third kappa shape index (κ3) is 5.24. The van der Waals surface area contributed by atoms with E-state index in [1.807, 2.05) is 6.07 Å². The first kappa shape index (κ1) is 19.4. The van der Waals surface area contributed by atoms with E-state index in [4.69, 9.17) is 11.0 Å². The Morgan fingerprint density at radius 1 is 1.33 bits per heavy atom. The molecule has 2 amide bonds. The maximum Gasteiger partial charge on any atom is 0.416 e. The van der Waals surface area contributed by atoms with Gasteiger partial charge in [0.1, 0.15) is 6.04 Å². The van der Waals surface area contributed by atoms with Crippen molar-refractivity contribution in [1.29, 1.82) is 5.26 Å². The number of carbonyl (C=O) groups excluding carboxylic acids is 2. The van der Waals surface area contributed by atoms with E-state index in [1.165, 1.54) is 6.92 Å². The Balaban J connectivity index is 2.83. The molecule has 0 spiro atoms. The van der Waals surface area contributed by atoms with Gasteiger partial charge in [0.05, 0.1) is 11.6 Å². The van der Waals surface area contributed by atoms with Crippen molar-refractivity contribution in [1.82, 2.24) is 5.32 Å². The Kier molecular flexibility index (Phi) is 6.31. The molecule has 6 nitrogen and oxygen atoms in total. The number of carbonyl (C=O) groups is 2. The first-order valence-corrected chi connectivity index (χ1v) is 6.90. The Labute approximate surface area is 136 Å². The Hall–Kier alpha value is -2.60. The van der Waals surface area contributed by atoms with Crippen LogP contribution in [-0.2, 0) is 15.8 Å². The molecule has 0 aliphatic heterocycles. The first-order valence-electron chi connectivity index (χ1n) is 6.90. The zero-order chi connectivity index (χ0) is 18.5. The van der Waals surface area contributed by atoms with Crippen LogP contribution in [0.2, 0.25) is 0 Å². The largest absolute Gasteiger partial charge is 0.416 e. The predicted molar refractivity (Wildman–Crippen MR) is 76.9 cm³/mol. The lowest BCUT2D eigenvalue weighted by molar-refractivity contribution is -0.137. The topological polar surface area (TPSA) is 116 Å². The summed E-state index contributed by atoms with van der Waals surface area (Å²) in [5.41, 5.74) is 4.13. The molecular weight excluding hydrogens is 327 g/mol. The van der Waals surface area contributed by atoms with E-state index in [2.05, 4.69) is 5.32 Å². The number of rotatable bonds is 6. The second-order valence-corrected chi connectivity index (χ2v) is 5.25. The fourth-order valence-corrected chi connectivity index (χ4v) is 1.91. The fraction of sp³-hybridized carbons (Fsp3) is 0.400. The molecule has 0 unspecified atom stereocenters. The number of nitriles is 1. The van der Waals surface area contributed by atoms with Gasteiger partial charge in [-0.15, -0.1) is 0 Å². The normalized spacial score (nSPS) is 15.0. The van der Waals surface area contributed by atoms with Crippen LogP contribution in [0.1, 0.15) is 30.6 Å². The van der Waals surface area contributed by atoms with Gasteiger partial charge in [0.25, 0.3) is 5.91 Å². The summed E-state index contributed by atoms with van der Waals surface area (Å²) < 4.78 is 37.4. The van der Waals surface area contributed by atoms with Crippen LogP contribution in [0.3, 0.4) is 0 Å². The summed E-state index contributed by atoms with van der Waals surface area (Å²) in [7, 11) is 0. The van der Waals surface area contributed by atoms with E-state index in [1.54, 1.807) is 0 Å². The quantitative estimate of drug-likeness (QED) is 0.721. The van der Waals surface area contributed by atoms with Crippen molar-refractivity contribution in [3.8, 4) is 6.07 Å². The predicted octanol–water partition coefficient (Wildman–Crippen LogP) is 1.26. The van der Waals surface area contributed by atoms with E-state index < -0.39 is 41.6 Å². The van der Waals surface area contributed by atoms with Crippen molar-refractivity contribution in [3.63, 3.8) is 0 Å². The number of alkyl halides is 3. The highest BCUT2D eigenvalue weighted by Gasteiger charge is 2.31.